The molecule has 1 aliphatic heterocycles. The molecule has 2 rings (SSSR count). The van der Waals surface area contributed by atoms with E-state index in [9.17, 15) is 4.79 Å². The Bertz CT molecular complexity index is 462. The van der Waals surface area contributed by atoms with E-state index in [4.69, 9.17) is 26.8 Å². The molecule has 0 radical (unpaired) electrons. The van der Waals surface area contributed by atoms with Gasteiger partial charge in [0.05, 0.1) is 23.4 Å². The Kier molecular flexibility index (Phi) is 5.64. The third-order valence-corrected chi connectivity index (χ3v) is 3.37. The normalized spacial score (nSPS) is 18.1. The summed E-state index contributed by atoms with van der Waals surface area (Å²) < 4.78 is 10.8. The minimum absolute atomic E-state index is 0.0806. The van der Waals surface area contributed by atoms with Crippen LogP contribution in [0.15, 0.2) is 18.2 Å². The fraction of sp³-hybridized carbons (Fsp3) is 0.500. The summed E-state index contributed by atoms with van der Waals surface area (Å²) >= 11 is 5.99. The van der Waals surface area contributed by atoms with Crippen molar-refractivity contribution in [3.05, 3.63) is 23.2 Å². The lowest BCUT2D eigenvalue weighted by Crippen LogP contribution is -2.16. The highest BCUT2D eigenvalue weighted by atomic mass is 35.5. The smallest absolute Gasteiger partial charge is 0.224 e. The van der Waals surface area contributed by atoms with Gasteiger partial charge in [0, 0.05) is 25.3 Å². The molecule has 1 amide bonds. The number of nitrogen functional groups attached to an aromatic ring is 1. The van der Waals surface area contributed by atoms with Crippen molar-refractivity contribution >= 4 is 28.9 Å². The van der Waals surface area contributed by atoms with Gasteiger partial charge in [0.1, 0.15) is 0 Å². The molecule has 1 unspecified atom stereocenters. The molecule has 1 aromatic carbocycles. The zero-order valence-electron chi connectivity index (χ0n) is 11.2. The number of ether oxygens (including phenoxy) is 2. The first kappa shape index (κ1) is 15.1. The summed E-state index contributed by atoms with van der Waals surface area (Å²) in [5, 5.41) is 3.20. The lowest BCUT2D eigenvalue weighted by atomic mass is 10.2. The SMILES string of the molecule is Nc1ccc(NC(=O)CCCOC2CCOC2)c(Cl)c1. The minimum atomic E-state index is -0.0806. The number of carbonyl (C=O) groups excluding carboxylic acids is 1. The van der Waals surface area contributed by atoms with Gasteiger partial charge < -0.3 is 20.5 Å². The van der Waals surface area contributed by atoms with Crippen LogP contribution in [0.3, 0.4) is 0 Å². The first-order valence-corrected chi connectivity index (χ1v) is 7.07. The Morgan fingerprint density at radius 1 is 1.55 bits per heavy atom. The molecule has 20 heavy (non-hydrogen) atoms. The lowest BCUT2D eigenvalue weighted by molar-refractivity contribution is -0.116. The van der Waals surface area contributed by atoms with Gasteiger partial charge >= 0.3 is 0 Å². The van der Waals surface area contributed by atoms with Crippen LogP contribution in [-0.2, 0) is 14.3 Å². The van der Waals surface area contributed by atoms with E-state index in [0.717, 1.165) is 13.0 Å². The van der Waals surface area contributed by atoms with Crippen LogP contribution in [-0.4, -0.2) is 31.8 Å². The Hall–Kier alpha value is -1.30. The van der Waals surface area contributed by atoms with Gasteiger partial charge in [-0.05, 0) is 31.0 Å². The number of anilines is 2. The van der Waals surface area contributed by atoms with Crippen molar-refractivity contribution < 1.29 is 14.3 Å². The molecule has 1 heterocycles. The van der Waals surface area contributed by atoms with E-state index in [2.05, 4.69) is 5.32 Å². The van der Waals surface area contributed by atoms with E-state index >= 15 is 0 Å². The Morgan fingerprint density at radius 2 is 2.40 bits per heavy atom. The van der Waals surface area contributed by atoms with Gasteiger partial charge in [0.25, 0.3) is 0 Å². The van der Waals surface area contributed by atoms with Crippen LogP contribution in [0.5, 0.6) is 0 Å². The fourth-order valence-electron chi connectivity index (χ4n) is 1.97. The number of nitrogens with two attached hydrogens (primary N) is 1. The van der Waals surface area contributed by atoms with Gasteiger partial charge in [-0.3, -0.25) is 4.79 Å². The van der Waals surface area contributed by atoms with Gasteiger partial charge in [-0.25, -0.2) is 0 Å². The number of amides is 1. The lowest BCUT2D eigenvalue weighted by Gasteiger charge is -2.10. The zero-order valence-corrected chi connectivity index (χ0v) is 12.0. The molecule has 1 fully saturated rings. The van der Waals surface area contributed by atoms with Gasteiger partial charge in [-0.1, -0.05) is 11.6 Å². The number of rotatable bonds is 6. The van der Waals surface area contributed by atoms with Crippen LogP contribution in [0.25, 0.3) is 0 Å². The highest BCUT2D eigenvalue weighted by Gasteiger charge is 2.15. The molecule has 1 atom stereocenters. The maximum absolute atomic E-state index is 11.8. The molecule has 0 aliphatic carbocycles. The van der Waals surface area contributed by atoms with Crippen molar-refractivity contribution in [2.75, 3.05) is 30.9 Å². The predicted molar refractivity (Wildman–Crippen MR) is 78.9 cm³/mol. The molecular formula is C14H19ClN2O3. The predicted octanol–water partition coefficient (Wildman–Crippen LogP) is 2.45. The molecule has 6 heteroatoms. The monoisotopic (exact) mass is 298 g/mol. The number of benzene rings is 1. The van der Waals surface area contributed by atoms with Crippen LogP contribution in [0, 0.1) is 0 Å². The number of nitrogens with one attached hydrogen (secondary N) is 1. The molecule has 1 aliphatic rings. The number of hydrogen-bond acceptors (Lipinski definition) is 4. The summed E-state index contributed by atoms with van der Waals surface area (Å²) in [6.45, 7) is 1.99. The second-order valence-electron chi connectivity index (χ2n) is 4.75. The number of carbonyl (C=O) groups is 1. The van der Waals surface area contributed by atoms with Crippen molar-refractivity contribution in [2.45, 2.75) is 25.4 Å². The third kappa shape index (κ3) is 4.67. The Morgan fingerprint density at radius 3 is 3.10 bits per heavy atom. The van der Waals surface area contributed by atoms with E-state index in [0.29, 0.717) is 42.5 Å². The second-order valence-corrected chi connectivity index (χ2v) is 5.15. The van der Waals surface area contributed by atoms with Crippen LogP contribution < -0.4 is 11.1 Å². The molecule has 1 saturated heterocycles. The van der Waals surface area contributed by atoms with Crippen LogP contribution >= 0.6 is 11.6 Å². The molecule has 1 aromatic rings. The summed E-state index contributed by atoms with van der Waals surface area (Å²) in [5.41, 5.74) is 6.74. The average molecular weight is 299 g/mol. The number of halogens is 1. The van der Waals surface area contributed by atoms with Crippen molar-refractivity contribution in [2.24, 2.45) is 0 Å². The van der Waals surface area contributed by atoms with Gasteiger partial charge in [-0.15, -0.1) is 0 Å². The molecule has 110 valence electrons. The van der Waals surface area contributed by atoms with Gasteiger partial charge in [-0.2, -0.15) is 0 Å². The molecule has 0 spiro atoms. The second kappa shape index (κ2) is 7.47. The maximum Gasteiger partial charge on any atom is 0.224 e. The summed E-state index contributed by atoms with van der Waals surface area (Å²) in [5.74, 6) is -0.0806. The topological polar surface area (TPSA) is 73.6 Å². The third-order valence-electron chi connectivity index (χ3n) is 3.06. The largest absolute Gasteiger partial charge is 0.399 e. The average Bonchev–Trinajstić information content (AvgIpc) is 2.91. The summed E-state index contributed by atoms with van der Waals surface area (Å²) in [6, 6.07) is 5.01. The molecule has 0 saturated carbocycles. The van der Waals surface area contributed by atoms with E-state index in [1.165, 1.54) is 0 Å². The molecule has 0 bridgehead atoms. The summed E-state index contributed by atoms with van der Waals surface area (Å²) in [4.78, 5) is 11.8. The Labute approximate surface area is 123 Å². The highest BCUT2D eigenvalue weighted by Crippen LogP contribution is 2.24. The van der Waals surface area contributed by atoms with Crippen LogP contribution in [0.2, 0.25) is 5.02 Å². The standard InChI is InChI=1S/C14H19ClN2O3/c15-12-8-10(16)3-4-13(12)17-14(18)2-1-6-20-11-5-7-19-9-11/h3-4,8,11H,1-2,5-7,9,16H2,(H,17,18). The summed E-state index contributed by atoms with van der Waals surface area (Å²) in [7, 11) is 0. The molecule has 3 N–H and O–H groups in total. The van der Waals surface area contributed by atoms with Crippen molar-refractivity contribution in [3.8, 4) is 0 Å². The maximum atomic E-state index is 11.8. The molecule has 0 aromatic heterocycles. The van der Waals surface area contributed by atoms with Crippen LogP contribution in [0.4, 0.5) is 11.4 Å². The van der Waals surface area contributed by atoms with Crippen molar-refractivity contribution in [1.29, 1.82) is 0 Å². The van der Waals surface area contributed by atoms with E-state index in [1.54, 1.807) is 18.2 Å². The fourth-order valence-corrected chi connectivity index (χ4v) is 2.21. The first-order chi connectivity index (χ1) is 9.65. The minimum Gasteiger partial charge on any atom is -0.399 e. The van der Waals surface area contributed by atoms with Crippen molar-refractivity contribution in [3.63, 3.8) is 0 Å². The molecular weight excluding hydrogens is 280 g/mol. The van der Waals surface area contributed by atoms with Crippen LogP contribution in [0.1, 0.15) is 19.3 Å². The molecule has 5 nitrogen and oxygen atoms in total. The van der Waals surface area contributed by atoms with E-state index in [-0.39, 0.29) is 12.0 Å². The number of hydrogen-bond donors (Lipinski definition) is 2. The van der Waals surface area contributed by atoms with Gasteiger partial charge in [0.2, 0.25) is 5.91 Å². The van der Waals surface area contributed by atoms with E-state index in [1.807, 2.05) is 0 Å². The first-order valence-electron chi connectivity index (χ1n) is 6.69. The highest BCUT2D eigenvalue weighted by molar-refractivity contribution is 6.34. The van der Waals surface area contributed by atoms with E-state index < -0.39 is 0 Å². The summed E-state index contributed by atoms with van der Waals surface area (Å²) in [6.07, 6.45) is 2.20. The quantitative estimate of drug-likeness (QED) is 0.625. The zero-order chi connectivity index (χ0) is 14.4. The Balaban J connectivity index is 1.67. The van der Waals surface area contributed by atoms with Gasteiger partial charge in [0.15, 0.2) is 0 Å². The van der Waals surface area contributed by atoms with Crippen molar-refractivity contribution in [1.82, 2.24) is 0 Å².